The van der Waals surface area contributed by atoms with Crippen molar-refractivity contribution in [1.29, 1.82) is 0 Å². The van der Waals surface area contributed by atoms with Gasteiger partial charge in [0.25, 0.3) is 0 Å². The fraction of sp³-hybridized carbons (Fsp3) is 0.938. The van der Waals surface area contributed by atoms with Gasteiger partial charge in [-0.2, -0.15) is 0 Å². The van der Waals surface area contributed by atoms with Crippen molar-refractivity contribution in [2.45, 2.75) is 39.0 Å². The Kier molecular flexibility index (Phi) is 3.84. The Bertz CT molecular complexity index is 311. The molecule has 1 atom stereocenters. The van der Waals surface area contributed by atoms with Crippen molar-refractivity contribution in [1.82, 2.24) is 0 Å². The molecule has 4 rings (SSSR count). The molecule has 0 aliphatic heterocycles. The first-order valence-electron chi connectivity index (χ1n) is 7.88. The molecule has 0 amide bonds. The van der Waals surface area contributed by atoms with E-state index in [1.807, 2.05) is 6.92 Å². The molecule has 4 bridgehead atoms. The van der Waals surface area contributed by atoms with E-state index in [1.165, 1.54) is 39.2 Å². The number of carbonyl (C=O) groups excluding carboxylic acids is 1. The molecule has 1 unspecified atom stereocenters. The molecule has 0 radical (unpaired) electrons. The molecule has 4 aliphatic rings. The quantitative estimate of drug-likeness (QED) is 0.718. The van der Waals surface area contributed by atoms with Gasteiger partial charge in [-0.05, 0) is 68.6 Å². The zero-order valence-electron chi connectivity index (χ0n) is 12.1. The third kappa shape index (κ3) is 2.42. The van der Waals surface area contributed by atoms with Crippen LogP contribution in [0.5, 0.6) is 0 Å². The lowest BCUT2D eigenvalue weighted by Gasteiger charge is -2.55. The van der Waals surface area contributed by atoms with Gasteiger partial charge >= 0.3 is 5.97 Å². The Balaban J connectivity index is 1.76. The standard InChI is InChI=1S/C16H26O3/c1-3-19-9-14(16(17)18-2)15-12-5-10-4-11(7-12)8-13(15)6-10/h10-15H,3-9H2,1-2H3. The van der Waals surface area contributed by atoms with E-state index in [2.05, 4.69) is 0 Å². The minimum atomic E-state index is -0.0501. The number of rotatable bonds is 5. The van der Waals surface area contributed by atoms with E-state index >= 15 is 0 Å². The number of esters is 1. The van der Waals surface area contributed by atoms with Crippen molar-refractivity contribution in [3.63, 3.8) is 0 Å². The van der Waals surface area contributed by atoms with Crippen molar-refractivity contribution >= 4 is 5.97 Å². The molecule has 0 saturated heterocycles. The maximum atomic E-state index is 12.1. The van der Waals surface area contributed by atoms with Crippen LogP contribution in [0.1, 0.15) is 39.0 Å². The molecule has 3 nitrogen and oxygen atoms in total. The van der Waals surface area contributed by atoms with Gasteiger partial charge in [0.1, 0.15) is 0 Å². The smallest absolute Gasteiger partial charge is 0.311 e. The second kappa shape index (κ2) is 5.43. The maximum Gasteiger partial charge on any atom is 0.311 e. The summed E-state index contributed by atoms with van der Waals surface area (Å²) in [5.41, 5.74) is 0. The lowest BCUT2D eigenvalue weighted by atomic mass is 9.49. The Morgan fingerprint density at radius 2 is 1.68 bits per heavy atom. The summed E-state index contributed by atoms with van der Waals surface area (Å²) in [4.78, 5) is 12.1. The highest BCUT2D eigenvalue weighted by Gasteiger charge is 2.52. The zero-order chi connectivity index (χ0) is 13.4. The lowest BCUT2D eigenvalue weighted by molar-refractivity contribution is -0.159. The normalized spacial score (nSPS) is 41.3. The molecule has 0 aromatic heterocycles. The minimum Gasteiger partial charge on any atom is -0.469 e. The van der Waals surface area contributed by atoms with Crippen LogP contribution in [0.4, 0.5) is 0 Å². The summed E-state index contributed by atoms with van der Waals surface area (Å²) >= 11 is 0. The summed E-state index contributed by atoms with van der Waals surface area (Å²) in [6, 6.07) is 0. The fourth-order valence-electron chi connectivity index (χ4n) is 5.36. The number of ether oxygens (including phenoxy) is 2. The first-order valence-corrected chi connectivity index (χ1v) is 7.88. The van der Waals surface area contributed by atoms with Crippen LogP contribution < -0.4 is 0 Å². The van der Waals surface area contributed by atoms with E-state index in [0.29, 0.717) is 19.1 Å². The van der Waals surface area contributed by atoms with Gasteiger partial charge in [-0.15, -0.1) is 0 Å². The SMILES string of the molecule is CCOCC(C(=O)OC)C1C2CC3CC(C2)CC1C3. The molecule has 0 aromatic carbocycles. The van der Waals surface area contributed by atoms with Gasteiger partial charge < -0.3 is 9.47 Å². The summed E-state index contributed by atoms with van der Waals surface area (Å²) in [6.07, 6.45) is 6.83. The second-order valence-corrected chi connectivity index (χ2v) is 6.80. The molecule has 0 heterocycles. The molecule has 4 saturated carbocycles. The second-order valence-electron chi connectivity index (χ2n) is 6.80. The van der Waals surface area contributed by atoms with Crippen LogP contribution in [-0.2, 0) is 14.3 Å². The first-order chi connectivity index (χ1) is 9.22. The molecular formula is C16H26O3. The van der Waals surface area contributed by atoms with E-state index in [4.69, 9.17) is 9.47 Å². The van der Waals surface area contributed by atoms with Crippen LogP contribution in [0.3, 0.4) is 0 Å². The van der Waals surface area contributed by atoms with Crippen LogP contribution in [0.2, 0.25) is 0 Å². The number of methoxy groups -OCH3 is 1. The summed E-state index contributed by atoms with van der Waals surface area (Å²) in [5.74, 6) is 3.84. The van der Waals surface area contributed by atoms with Crippen molar-refractivity contribution in [3.05, 3.63) is 0 Å². The largest absolute Gasteiger partial charge is 0.469 e. The van der Waals surface area contributed by atoms with Crippen LogP contribution in [-0.4, -0.2) is 26.3 Å². The van der Waals surface area contributed by atoms with Crippen LogP contribution >= 0.6 is 0 Å². The summed E-state index contributed by atoms with van der Waals surface area (Å²) < 4.78 is 10.6. The molecule has 108 valence electrons. The highest BCUT2D eigenvalue weighted by molar-refractivity contribution is 5.73. The maximum absolute atomic E-state index is 12.1. The predicted molar refractivity (Wildman–Crippen MR) is 72.5 cm³/mol. The number of carbonyl (C=O) groups is 1. The number of hydrogen-bond acceptors (Lipinski definition) is 3. The molecule has 0 N–H and O–H groups in total. The van der Waals surface area contributed by atoms with E-state index in [1.54, 1.807) is 0 Å². The first kappa shape index (κ1) is 13.4. The van der Waals surface area contributed by atoms with Gasteiger partial charge in [-0.3, -0.25) is 4.79 Å². The predicted octanol–water partition coefficient (Wildman–Crippen LogP) is 2.88. The molecule has 4 aliphatic carbocycles. The third-order valence-electron chi connectivity index (χ3n) is 5.77. The van der Waals surface area contributed by atoms with Gasteiger partial charge in [0.15, 0.2) is 0 Å². The summed E-state index contributed by atoms with van der Waals surface area (Å²) in [6.45, 7) is 3.22. The van der Waals surface area contributed by atoms with Crippen LogP contribution in [0, 0.1) is 35.5 Å². The van der Waals surface area contributed by atoms with Crippen molar-refractivity contribution in [3.8, 4) is 0 Å². The van der Waals surface area contributed by atoms with Gasteiger partial charge in [0.2, 0.25) is 0 Å². The van der Waals surface area contributed by atoms with E-state index in [9.17, 15) is 4.79 Å². The Morgan fingerprint density at radius 1 is 1.11 bits per heavy atom. The lowest BCUT2D eigenvalue weighted by Crippen LogP contribution is -2.50. The van der Waals surface area contributed by atoms with Gasteiger partial charge in [0.05, 0.1) is 19.6 Å². The van der Waals surface area contributed by atoms with Crippen LogP contribution in [0.25, 0.3) is 0 Å². The minimum absolute atomic E-state index is 0.0278. The molecule has 3 heteroatoms. The van der Waals surface area contributed by atoms with Crippen molar-refractivity contribution < 1.29 is 14.3 Å². The van der Waals surface area contributed by atoms with Crippen LogP contribution in [0.15, 0.2) is 0 Å². The monoisotopic (exact) mass is 266 g/mol. The summed E-state index contributed by atoms with van der Waals surface area (Å²) in [7, 11) is 1.51. The Hall–Kier alpha value is -0.570. The number of hydrogen-bond donors (Lipinski definition) is 0. The highest BCUT2D eigenvalue weighted by atomic mass is 16.5. The van der Waals surface area contributed by atoms with Crippen molar-refractivity contribution in [2.75, 3.05) is 20.3 Å². The average molecular weight is 266 g/mol. The van der Waals surface area contributed by atoms with E-state index < -0.39 is 0 Å². The van der Waals surface area contributed by atoms with Gasteiger partial charge in [-0.1, -0.05) is 0 Å². The highest BCUT2D eigenvalue weighted by Crippen LogP contribution is 2.58. The van der Waals surface area contributed by atoms with Gasteiger partial charge in [0, 0.05) is 6.61 Å². The fourth-order valence-corrected chi connectivity index (χ4v) is 5.36. The topological polar surface area (TPSA) is 35.5 Å². The average Bonchev–Trinajstić information content (AvgIpc) is 2.40. The van der Waals surface area contributed by atoms with E-state index in [-0.39, 0.29) is 11.9 Å². The summed E-state index contributed by atoms with van der Waals surface area (Å²) in [5, 5.41) is 0. The molecular weight excluding hydrogens is 240 g/mol. The van der Waals surface area contributed by atoms with Gasteiger partial charge in [-0.25, -0.2) is 0 Å². The van der Waals surface area contributed by atoms with E-state index in [0.717, 1.165) is 23.7 Å². The zero-order valence-corrected chi connectivity index (χ0v) is 12.1. The molecule has 0 aromatic rings. The van der Waals surface area contributed by atoms with Crippen molar-refractivity contribution in [2.24, 2.45) is 35.5 Å². The Morgan fingerprint density at radius 3 is 2.16 bits per heavy atom. The third-order valence-corrected chi connectivity index (χ3v) is 5.77. The Labute approximate surface area is 116 Å². The molecule has 4 fully saturated rings. The molecule has 19 heavy (non-hydrogen) atoms. The molecule has 0 spiro atoms.